The Hall–Kier alpha value is -1.48. The van der Waals surface area contributed by atoms with Gasteiger partial charge in [-0.15, -0.1) is 11.6 Å². The number of aryl methyl sites for hydroxylation is 1. The van der Waals surface area contributed by atoms with E-state index in [2.05, 4.69) is 24.1 Å². The van der Waals surface area contributed by atoms with E-state index >= 15 is 0 Å². The molecule has 1 fully saturated rings. The summed E-state index contributed by atoms with van der Waals surface area (Å²) in [5.74, 6) is 2.46. The SMILES string of the molecule is Cc1nn(-c2ccccc2)c(N(C)CC2CCC2)c1CCl. The lowest BCUT2D eigenvalue weighted by Gasteiger charge is -2.31. The number of alkyl halides is 1. The predicted molar refractivity (Wildman–Crippen MR) is 88.5 cm³/mol. The monoisotopic (exact) mass is 303 g/mol. The van der Waals surface area contributed by atoms with E-state index in [0.717, 1.165) is 35.2 Å². The van der Waals surface area contributed by atoms with Crippen LogP contribution in [0.5, 0.6) is 0 Å². The van der Waals surface area contributed by atoms with Gasteiger partial charge in [-0.3, -0.25) is 0 Å². The second-order valence-electron chi connectivity index (χ2n) is 5.95. The van der Waals surface area contributed by atoms with Gasteiger partial charge in [-0.05, 0) is 37.8 Å². The molecule has 4 heteroatoms. The fourth-order valence-electron chi connectivity index (χ4n) is 2.99. The Balaban J connectivity index is 1.99. The molecule has 21 heavy (non-hydrogen) atoms. The Morgan fingerprint density at radius 2 is 2.00 bits per heavy atom. The van der Waals surface area contributed by atoms with Gasteiger partial charge in [0.25, 0.3) is 0 Å². The molecule has 3 nitrogen and oxygen atoms in total. The van der Waals surface area contributed by atoms with Gasteiger partial charge >= 0.3 is 0 Å². The Labute approximate surface area is 131 Å². The van der Waals surface area contributed by atoms with E-state index in [1.54, 1.807) is 0 Å². The van der Waals surface area contributed by atoms with Gasteiger partial charge in [0.2, 0.25) is 0 Å². The van der Waals surface area contributed by atoms with Crippen LogP contribution < -0.4 is 4.90 Å². The maximum absolute atomic E-state index is 6.19. The minimum Gasteiger partial charge on any atom is -0.359 e. The highest BCUT2D eigenvalue weighted by atomic mass is 35.5. The molecule has 0 saturated heterocycles. The number of para-hydroxylation sites is 1. The van der Waals surface area contributed by atoms with E-state index in [9.17, 15) is 0 Å². The lowest BCUT2D eigenvalue weighted by Crippen LogP contribution is -2.31. The molecule has 3 rings (SSSR count). The van der Waals surface area contributed by atoms with Gasteiger partial charge < -0.3 is 4.90 Å². The van der Waals surface area contributed by atoms with Crippen molar-refractivity contribution in [3.63, 3.8) is 0 Å². The minimum atomic E-state index is 0.503. The van der Waals surface area contributed by atoms with Crippen molar-refractivity contribution in [1.29, 1.82) is 0 Å². The summed E-state index contributed by atoms with van der Waals surface area (Å²) in [4.78, 5) is 2.33. The summed E-state index contributed by atoms with van der Waals surface area (Å²) >= 11 is 6.19. The van der Waals surface area contributed by atoms with Crippen LogP contribution in [0.2, 0.25) is 0 Å². The van der Waals surface area contributed by atoms with Crippen molar-refractivity contribution < 1.29 is 0 Å². The zero-order chi connectivity index (χ0) is 14.8. The van der Waals surface area contributed by atoms with Gasteiger partial charge in [0.15, 0.2) is 0 Å². The van der Waals surface area contributed by atoms with Crippen LogP contribution in [0.3, 0.4) is 0 Å². The molecule has 0 unspecified atom stereocenters. The largest absolute Gasteiger partial charge is 0.359 e. The topological polar surface area (TPSA) is 21.1 Å². The van der Waals surface area contributed by atoms with Gasteiger partial charge in [-0.25, -0.2) is 4.68 Å². The molecule has 1 aliphatic rings. The molecule has 0 spiro atoms. The third-order valence-electron chi connectivity index (χ3n) is 4.41. The van der Waals surface area contributed by atoms with E-state index in [4.69, 9.17) is 16.7 Å². The molecule has 1 saturated carbocycles. The van der Waals surface area contributed by atoms with Crippen molar-refractivity contribution in [2.45, 2.75) is 32.1 Å². The second kappa shape index (κ2) is 6.10. The van der Waals surface area contributed by atoms with Crippen LogP contribution >= 0.6 is 11.6 Å². The highest BCUT2D eigenvalue weighted by Gasteiger charge is 2.24. The average Bonchev–Trinajstić information content (AvgIpc) is 2.80. The van der Waals surface area contributed by atoms with Crippen molar-refractivity contribution in [2.24, 2.45) is 5.92 Å². The number of anilines is 1. The number of benzene rings is 1. The zero-order valence-corrected chi connectivity index (χ0v) is 13.5. The van der Waals surface area contributed by atoms with Crippen LogP contribution in [0.15, 0.2) is 30.3 Å². The molecule has 112 valence electrons. The van der Waals surface area contributed by atoms with E-state index < -0.39 is 0 Å². The summed E-state index contributed by atoms with van der Waals surface area (Å²) < 4.78 is 2.03. The number of rotatable bonds is 5. The molecular formula is C17H22ClN3. The molecule has 0 radical (unpaired) electrons. The molecule has 2 aromatic rings. The minimum absolute atomic E-state index is 0.503. The van der Waals surface area contributed by atoms with Crippen molar-refractivity contribution >= 4 is 17.4 Å². The summed E-state index contributed by atoms with van der Waals surface area (Å²) in [6.07, 6.45) is 4.07. The first-order valence-corrected chi connectivity index (χ1v) is 8.15. The van der Waals surface area contributed by atoms with E-state index in [1.165, 1.54) is 19.3 Å². The Morgan fingerprint density at radius 3 is 2.57 bits per heavy atom. The van der Waals surface area contributed by atoms with Crippen LogP contribution in [-0.4, -0.2) is 23.4 Å². The number of hydrogen-bond acceptors (Lipinski definition) is 2. The van der Waals surface area contributed by atoms with Crippen molar-refractivity contribution in [1.82, 2.24) is 9.78 Å². The summed E-state index contributed by atoms with van der Waals surface area (Å²) in [5.41, 5.74) is 3.25. The summed E-state index contributed by atoms with van der Waals surface area (Å²) in [6.45, 7) is 3.12. The third-order valence-corrected chi connectivity index (χ3v) is 4.68. The number of hydrogen-bond donors (Lipinski definition) is 0. The van der Waals surface area contributed by atoms with Crippen LogP contribution in [0.25, 0.3) is 5.69 Å². The maximum atomic E-state index is 6.19. The number of nitrogens with zero attached hydrogens (tertiary/aromatic N) is 3. The van der Waals surface area contributed by atoms with Crippen molar-refractivity contribution in [3.8, 4) is 5.69 Å². The zero-order valence-electron chi connectivity index (χ0n) is 12.7. The highest BCUT2D eigenvalue weighted by molar-refractivity contribution is 6.17. The molecule has 1 aromatic carbocycles. The first-order valence-electron chi connectivity index (χ1n) is 7.61. The van der Waals surface area contributed by atoms with Crippen molar-refractivity contribution in [2.75, 3.05) is 18.5 Å². The lowest BCUT2D eigenvalue weighted by atomic mass is 9.85. The molecule has 0 amide bonds. The van der Waals surface area contributed by atoms with Gasteiger partial charge in [0, 0.05) is 19.2 Å². The van der Waals surface area contributed by atoms with Gasteiger partial charge in [-0.1, -0.05) is 24.6 Å². The van der Waals surface area contributed by atoms with Crippen LogP contribution in [0, 0.1) is 12.8 Å². The van der Waals surface area contributed by atoms with Gasteiger partial charge in [0.05, 0.1) is 17.3 Å². The van der Waals surface area contributed by atoms with Gasteiger partial charge in [0.1, 0.15) is 5.82 Å². The quantitative estimate of drug-likeness (QED) is 0.774. The Kier molecular flexibility index (Phi) is 4.20. The molecule has 0 N–H and O–H groups in total. The first-order chi connectivity index (χ1) is 10.2. The molecule has 0 aliphatic heterocycles. The van der Waals surface area contributed by atoms with E-state index in [1.807, 2.05) is 29.8 Å². The molecule has 1 aromatic heterocycles. The smallest absolute Gasteiger partial charge is 0.136 e. The predicted octanol–water partition coefficient (Wildman–Crippen LogP) is 4.16. The van der Waals surface area contributed by atoms with Gasteiger partial charge in [-0.2, -0.15) is 5.10 Å². The molecule has 0 bridgehead atoms. The fourth-order valence-corrected chi connectivity index (χ4v) is 3.31. The number of aromatic nitrogens is 2. The van der Waals surface area contributed by atoms with E-state index in [0.29, 0.717) is 5.88 Å². The van der Waals surface area contributed by atoms with Crippen LogP contribution in [0.4, 0.5) is 5.82 Å². The average molecular weight is 304 g/mol. The van der Waals surface area contributed by atoms with E-state index in [-0.39, 0.29) is 0 Å². The maximum Gasteiger partial charge on any atom is 0.136 e. The molecule has 1 heterocycles. The molecule has 1 aliphatic carbocycles. The lowest BCUT2D eigenvalue weighted by molar-refractivity contribution is 0.320. The number of halogens is 1. The highest BCUT2D eigenvalue weighted by Crippen LogP contribution is 2.32. The van der Waals surface area contributed by atoms with Crippen LogP contribution in [0.1, 0.15) is 30.5 Å². The molecular weight excluding hydrogens is 282 g/mol. The Morgan fingerprint density at radius 1 is 1.29 bits per heavy atom. The summed E-state index contributed by atoms with van der Waals surface area (Å²) in [6, 6.07) is 10.3. The van der Waals surface area contributed by atoms with Crippen molar-refractivity contribution in [3.05, 3.63) is 41.6 Å². The summed E-state index contributed by atoms with van der Waals surface area (Å²) in [5, 5.41) is 4.71. The normalized spacial score (nSPS) is 15.0. The first kappa shape index (κ1) is 14.5. The Bertz CT molecular complexity index is 602. The van der Waals surface area contributed by atoms with Crippen LogP contribution in [-0.2, 0) is 5.88 Å². The standard InChI is InChI=1S/C17H22ClN3/c1-13-16(11-18)17(20(2)12-14-7-6-8-14)21(19-13)15-9-4-3-5-10-15/h3-5,9-10,14H,6-8,11-12H2,1-2H3. The second-order valence-corrected chi connectivity index (χ2v) is 6.21. The summed E-state index contributed by atoms with van der Waals surface area (Å²) in [7, 11) is 2.16. The third kappa shape index (κ3) is 2.80. The molecule has 0 atom stereocenters. The fraction of sp³-hybridized carbons (Fsp3) is 0.471.